The Morgan fingerprint density at radius 3 is 2.44 bits per heavy atom. The molecule has 0 saturated heterocycles. The molecule has 0 amide bonds. The molecule has 2 nitrogen and oxygen atoms in total. The molecule has 0 aliphatic heterocycles. The maximum absolute atomic E-state index is 5.86. The molecular formula is C12H17Cl2NO. The summed E-state index contributed by atoms with van der Waals surface area (Å²) in [5, 5.41) is 4.53. The molecule has 0 fully saturated rings. The van der Waals surface area contributed by atoms with Crippen LogP contribution < -0.4 is 10.1 Å². The molecule has 1 aromatic rings. The molecule has 0 bridgehead atoms. The van der Waals surface area contributed by atoms with Crippen LogP contribution in [0.5, 0.6) is 5.75 Å². The molecule has 0 aliphatic carbocycles. The Hall–Kier alpha value is -0.440. The van der Waals surface area contributed by atoms with Crippen LogP contribution in [0.15, 0.2) is 18.2 Å². The minimum Gasteiger partial charge on any atom is -0.492 e. The van der Waals surface area contributed by atoms with Gasteiger partial charge < -0.3 is 10.1 Å². The van der Waals surface area contributed by atoms with E-state index in [2.05, 4.69) is 19.2 Å². The molecule has 0 spiro atoms. The number of halogens is 2. The highest BCUT2D eigenvalue weighted by molar-refractivity contribution is 6.34. The first-order valence-electron chi connectivity index (χ1n) is 5.44. The normalized spacial score (nSPS) is 12.5. The third kappa shape index (κ3) is 5.06. The number of nitrogens with one attached hydrogen (secondary N) is 1. The minimum absolute atomic E-state index is 0.520. The third-order valence-corrected chi connectivity index (χ3v) is 2.75. The number of hydrogen-bond donors (Lipinski definition) is 1. The van der Waals surface area contributed by atoms with Gasteiger partial charge in [0.2, 0.25) is 0 Å². The zero-order chi connectivity index (χ0) is 12.0. The summed E-state index contributed by atoms with van der Waals surface area (Å²) in [5.41, 5.74) is 0. The Balaban J connectivity index is 2.32. The average molecular weight is 262 g/mol. The highest BCUT2D eigenvalue weighted by atomic mass is 35.5. The molecule has 0 radical (unpaired) electrons. The Labute approximate surface area is 107 Å². The highest BCUT2D eigenvalue weighted by Crippen LogP contribution is 2.23. The number of benzene rings is 1. The van der Waals surface area contributed by atoms with Crippen LogP contribution in [0, 0.1) is 0 Å². The summed E-state index contributed by atoms with van der Waals surface area (Å²) in [4.78, 5) is 0. The third-order valence-electron chi connectivity index (χ3n) is 2.31. The fraction of sp³-hybridized carbons (Fsp3) is 0.500. The molecule has 0 aromatic heterocycles. The predicted octanol–water partition coefficient (Wildman–Crippen LogP) is 3.76. The maximum atomic E-state index is 5.86. The van der Waals surface area contributed by atoms with Crippen molar-refractivity contribution >= 4 is 23.2 Å². The van der Waals surface area contributed by atoms with Crippen molar-refractivity contribution < 1.29 is 4.74 Å². The topological polar surface area (TPSA) is 21.3 Å². The molecule has 4 heteroatoms. The highest BCUT2D eigenvalue weighted by Gasteiger charge is 2.00. The second-order valence-corrected chi connectivity index (χ2v) is 4.59. The van der Waals surface area contributed by atoms with E-state index in [4.69, 9.17) is 27.9 Å². The molecule has 1 aromatic carbocycles. The lowest BCUT2D eigenvalue weighted by Gasteiger charge is -2.12. The Bertz CT molecular complexity index is 311. The van der Waals surface area contributed by atoms with E-state index in [0.29, 0.717) is 28.4 Å². The van der Waals surface area contributed by atoms with Crippen LogP contribution in [0.4, 0.5) is 0 Å². The molecule has 90 valence electrons. The van der Waals surface area contributed by atoms with E-state index in [0.717, 1.165) is 13.0 Å². The van der Waals surface area contributed by atoms with Gasteiger partial charge in [0, 0.05) is 22.6 Å². The van der Waals surface area contributed by atoms with E-state index in [1.165, 1.54) is 0 Å². The molecule has 16 heavy (non-hydrogen) atoms. The van der Waals surface area contributed by atoms with Gasteiger partial charge in [0.25, 0.3) is 0 Å². The lowest BCUT2D eigenvalue weighted by Crippen LogP contribution is -2.29. The molecule has 1 N–H and O–H groups in total. The second kappa shape index (κ2) is 7.00. The summed E-state index contributed by atoms with van der Waals surface area (Å²) in [7, 11) is 0. The van der Waals surface area contributed by atoms with Gasteiger partial charge in [0.05, 0.1) is 0 Å². The van der Waals surface area contributed by atoms with Gasteiger partial charge in [0.1, 0.15) is 12.4 Å². The predicted molar refractivity (Wildman–Crippen MR) is 69.7 cm³/mol. The molecular weight excluding hydrogens is 245 g/mol. The SMILES string of the molecule is CCC(C)NCCOc1cc(Cl)cc(Cl)c1. The van der Waals surface area contributed by atoms with Crippen molar-refractivity contribution in [1.29, 1.82) is 0 Å². The summed E-state index contributed by atoms with van der Waals surface area (Å²) in [6, 6.07) is 5.73. The number of ether oxygens (including phenoxy) is 1. The van der Waals surface area contributed by atoms with Crippen molar-refractivity contribution in [2.45, 2.75) is 26.3 Å². The van der Waals surface area contributed by atoms with E-state index in [-0.39, 0.29) is 0 Å². The van der Waals surface area contributed by atoms with Crippen LogP contribution in [0.1, 0.15) is 20.3 Å². The molecule has 1 unspecified atom stereocenters. The largest absolute Gasteiger partial charge is 0.492 e. The standard InChI is InChI=1S/C12H17Cl2NO/c1-3-9(2)15-4-5-16-12-7-10(13)6-11(14)8-12/h6-9,15H,3-5H2,1-2H3. The van der Waals surface area contributed by atoms with Gasteiger partial charge in [-0.15, -0.1) is 0 Å². The van der Waals surface area contributed by atoms with E-state index in [1.807, 2.05) is 0 Å². The van der Waals surface area contributed by atoms with Gasteiger partial charge in [0.15, 0.2) is 0 Å². The van der Waals surface area contributed by atoms with Crippen LogP contribution in [-0.4, -0.2) is 19.2 Å². The quantitative estimate of drug-likeness (QED) is 0.788. The monoisotopic (exact) mass is 261 g/mol. The van der Waals surface area contributed by atoms with Crippen molar-refractivity contribution in [2.75, 3.05) is 13.2 Å². The van der Waals surface area contributed by atoms with E-state index < -0.39 is 0 Å². The first kappa shape index (κ1) is 13.6. The minimum atomic E-state index is 0.520. The first-order valence-corrected chi connectivity index (χ1v) is 6.19. The van der Waals surface area contributed by atoms with Gasteiger partial charge in [-0.2, -0.15) is 0 Å². The molecule has 1 rings (SSSR count). The fourth-order valence-corrected chi connectivity index (χ4v) is 1.74. The van der Waals surface area contributed by atoms with Crippen molar-refractivity contribution in [3.63, 3.8) is 0 Å². The average Bonchev–Trinajstić information content (AvgIpc) is 2.22. The maximum Gasteiger partial charge on any atom is 0.122 e. The zero-order valence-electron chi connectivity index (χ0n) is 9.59. The van der Waals surface area contributed by atoms with E-state index in [9.17, 15) is 0 Å². The Morgan fingerprint density at radius 2 is 1.88 bits per heavy atom. The second-order valence-electron chi connectivity index (χ2n) is 3.72. The lowest BCUT2D eigenvalue weighted by molar-refractivity contribution is 0.306. The van der Waals surface area contributed by atoms with Crippen molar-refractivity contribution in [3.8, 4) is 5.75 Å². The molecule has 0 aliphatic rings. The van der Waals surface area contributed by atoms with Crippen molar-refractivity contribution in [3.05, 3.63) is 28.2 Å². The number of rotatable bonds is 6. The molecule has 0 saturated carbocycles. The summed E-state index contributed by atoms with van der Waals surface area (Å²) < 4.78 is 5.53. The van der Waals surface area contributed by atoms with Crippen LogP contribution in [0.2, 0.25) is 10.0 Å². The summed E-state index contributed by atoms with van der Waals surface area (Å²) >= 11 is 11.7. The Kier molecular flexibility index (Phi) is 5.96. The van der Waals surface area contributed by atoms with Gasteiger partial charge in [-0.25, -0.2) is 0 Å². The first-order chi connectivity index (χ1) is 7.61. The van der Waals surface area contributed by atoms with Gasteiger partial charge in [-0.05, 0) is 31.5 Å². The van der Waals surface area contributed by atoms with Gasteiger partial charge >= 0.3 is 0 Å². The van der Waals surface area contributed by atoms with Crippen LogP contribution in [-0.2, 0) is 0 Å². The smallest absolute Gasteiger partial charge is 0.122 e. The summed E-state index contributed by atoms with van der Waals surface area (Å²) in [5.74, 6) is 0.712. The van der Waals surface area contributed by atoms with Crippen molar-refractivity contribution in [2.24, 2.45) is 0 Å². The van der Waals surface area contributed by atoms with Crippen LogP contribution in [0.25, 0.3) is 0 Å². The van der Waals surface area contributed by atoms with Crippen LogP contribution in [0.3, 0.4) is 0 Å². The summed E-state index contributed by atoms with van der Waals surface area (Å²) in [6.07, 6.45) is 1.11. The Morgan fingerprint density at radius 1 is 1.25 bits per heavy atom. The summed E-state index contributed by atoms with van der Waals surface area (Å²) in [6.45, 7) is 5.73. The van der Waals surface area contributed by atoms with E-state index >= 15 is 0 Å². The molecule has 1 atom stereocenters. The number of hydrogen-bond acceptors (Lipinski definition) is 2. The van der Waals surface area contributed by atoms with Gasteiger partial charge in [-0.3, -0.25) is 0 Å². The fourth-order valence-electron chi connectivity index (χ4n) is 1.23. The van der Waals surface area contributed by atoms with E-state index in [1.54, 1.807) is 18.2 Å². The lowest BCUT2D eigenvalue weighted by atomic mass is 10.3. The van der Waals surface area contributed by atoms with Gasteiger partial charge in [-0.1, -0.05) is 30.1 Å². The molecule has 0 heterocycles. The zero-order valence-corrected chi connectivity index (χ0v) is 11.1. The van der Waals surface area contributed by atoms with Crippen LogP contribution >= 0.6 is 23.2 Å². The van der Waals surface area contributed by atoms with Crippen molar-refractivity contribution in [1.82, 2.24) is 5.32 Å².